The molecule has 2 rings (SSSR count). The number of halogens is 1. The third kappa shape index (κ3) is 1.40. The minimum absolute atomic E-state index is 0.0888. The highest BCUT2D eigenvalue weighted by atomic mass is 79.9. The van der Waals surface area contributed by atoms with Gasteiger partial charge >= 0.3 is 0 Å². The number of carbonyl (C=O) groups excluding carboxylic acids is 1. The van der Waals surface area contributed by atoms with E-state index >= 15 is 0 Å². The van der Waals surface area contributed by atoms with E-state index in [1.807, 2.05) is 24.4 Å². The fourth-order valence-electron chi connectivity index (χ4n) is 1.42. The summed E-state index contributed by atoms with van der Waals surface area (Å²) >= 11 is 3.36. The Morgan fingerprint density at radius 2 is 2.23 bits per heavy atom. The molecule has 0 spiro atoms. The molecule has 1 aromatic carbocycles. The van der Waals surface area contributed by atoms with Gasteiger partial charge in [0.05, 0.1) is 0 Å². The number of nitrogens with one attached hydrogen (secondary N) is 1. The van der Waals surface area contributed by atoms with Gasteiger partial charge in [-0.2, -0.15) is 0 Å². The van der Waals surface area contributed by atoms with Gasteiger partial charge in [0.1, 0.15) is 0 Å². The van der Waals surface area contributed by atoms with Crippen molar-refractivity contribution < 1.29 is 4.79 Å². The third-order valence-electron chi connectivity index (χ3n) is 2.01. The molecule has 1 N–H and O–H groups in total. The predicted octanol–water partition coefficient (Wildman–Crippen LogP) is 3.13. The molecule has 0 bridgehead atoms. The molecule has 0 aliphatic carbocycles. The van der Waals surface area contributed by atoms with E-state index in [0.29, 0.717) is 0 Å². The number of H-pyrrole nitrogens is 1. The van der Waals surface area contributed by atoms with Crippen LogP contribution in [0.25, 0.3) is 10.9 Å². The summed E-state index contributed by atoms with van der Waals surface area (Å²) in [4.78, 5) is 14.3. The second kappa shape index (κ2) is 3.00. The van der Waals surface area contributed by atoms with Crippen molar-refractivity contribution in [2.45, 2.75) is 6.92 Å². The molecule has 0 aliphatic heterocycles. The summed E-state index contributed by atoms with van der Waals surface area (Å²) in [5, 5.41) is 0.982. The first-order chi connectivity index (χ1) is 6.18. The van der Waals surface area contributed by atoms with Gasteiger partial charge in [0.25, 0.3) is 0 Å². The van der Waals surface area contributed by atoms with Gasteiger partial charge < -0.3 is 4.98 Å². The second-order valence-electron chi connectivity index (χ2n) is 2.95. The molecule has 0 saturated heterocycles. The Labute approximate surface area is 84.1 Å². The number of hydrogen-bond acceptors (Lipinski definition) is 1. The molecular formula is C10H8BrNO. The highest BCUT2D eigenvalue weighted by molar-refractivity contribution is 9.10. The molecule has 0 saturated carbocycles. The van der Waals surface area contributed by atoms with Gasteiger partial charge in [-0.1, -0.05) is 15.9 Å². The zero-order valence-corrected chi connectivity index (χ0v) is 8.68. The van der Waals surface area contributed by atoms with Crippen molar-refractivity contribution in [2.75, 3.05) is 0 Å². The summed E-state index contributed by atoms with van der Waals surface area (Å²) in [5.41, 5.74) is 1.74. The van der Waals surface area contributed by atoms with Crippen LogP contribution in [0.1, 0.15) is 17.3 Å². The number of aromatic nitrogens is 1. The molecule has 0 atom stereocenters. The number of rotatable bonds is 1. The summed E-state index contributed by atoms with van der Waals surface area (Å²) in [6, 6.07) is 5.72. The Morgan fingerprint density at radius 1 is 1.46 bits per heavy atom. The fourth-order valence-corrected chi connectivity index (χ4v) is 1.88. The van der Waals surface area contributed by atoms with Crippen LogP contribution in [0.15, 0.2) is 28.9 Å². The van der Waals surface area contributed by atoms with E-state index in [1.54, 1.807) is 6.92 Å². The van der Waals surface area contributed by atoms with E-state index in [1.165, 1.54) is 0 Å². The van der Waals surface area contributed by atoms with Gasteiger partial charge in [0, 0.05) is 27.1 Å². The second-order valence-corrected chi connectivity index (χ2v) is 3.86. The first-order valence-corrected chi connectivity index (χ1v) is 4.75. The smallest absolute Gasteiger partial charge is 0.160 e. The van der Waals surface area contributed by atoms with Gasteiger partial charge in [-0.25, -0.2) is 0 Å². The molecule has 0 unspecified atom stereocenters. The van der Waals surface area contributed by atoms with Crippen LogP contribution in [0.3, 0.4) is 0 Å². The number of hydrogen-bond donors (Lipinski definition) is 1. The maximum absolute atomic E-state index is 11.3. The van der Waals surface area contributed by atoms with E-state index in [9.17, 15) is 4.79 Å². The Bertz CT molecular complexity index is 473. The van der Waals surface area contributed by atoms with Crippen LogP contribution in [-0.2, 0) is 0 Å². The quantitative estimate of drug-likeness (QED) is 0.760. The van der Waals surface area contributed by atoms with Crippen molar-refractivity contribution in [2.24, 2.45) is 0 Å². The topological polar surface area (TPSA) is 32.9 Å². The van der Waals surface area contributed by atoms with E-state index < -0.39 is 0 Å². The molecular weight excluding hydrogens is 230 g/mol. The maximum atomic E-state index is 11.3. The van der Waals surface area contributed by atoms with Gasteiger partial charge in [0.15, 0.2) is 5.78 Å². The SMILES string of the molecule is CC(=O)c1cc(Br)cc2[nH]ccc12. The Kier molecular flexibility index (Phi) is 1.96. The molecule has 0 amide bonds. The predicted molar refractivity (Wildman–Crippen MR) is 56.0 cm³/mol. The van der Waals surface area contributed by atoms with Crippen LogP contribution in [0.5, 0.6) is 0 Å². The number of aromatic amines is 1. The van der Waals surface area contributed by atoms with Crippen LogP contribution >= 0.6 is 15.9 Å². The lowest BCUT2D eigenvalue weighted by Gasteiger charge is -1.99. The van der Waals surface area contributed by atoms with Gasteiger partial charge in [-0.15, -0.1) is 0 Å². The molecule has 0 fully saturated rings. The molecule has 2 aromatic rings. The first kappa shape index (κ1) is 8.51. The normalized spacial score (nSPS) is 10.6. The average Bonchev–Trinajstić information content (AvgIpc) is 2.49. The van der Waals surface area contributed by atoms with E-state index in [4.69, 9.17) is 0 Å². The monoisotopic (exact) mass is 237 g/mol. The van der Waals surface area contributed by atoms with Crippen molar-refractivity contribution in [1.82, 2.24) is 4.98 Å². The molecule has 0 aliphatic rings. The molecule has 13 heavy (non-hydrogen) atoms. The van der Waals surface area contributed by atoms with Crippen molar-refractivity contribution in [1.29, 1.82) is 0 Å². The number of carbonyl (C=O) groups is 1. The van der Waals surface area contributed by atoms with E-state index in [-0.39, 0.29) is 5.78 Å². The van der Waals surface area contributed by atoms with Gasteiger partial charge in [0.2, 0.25) is 0 Å². The summed E-state index contributed by atoms with van der Waals surface area (Å²) in [7, 11) is 0. The largest absolute Gasteiger partial charge is 0.361 e. The highest BCUT2D eigenvalue weighted by Gasteiger charge is 2.07. The zero-order valence-electron chi connectivity index (χ0n) is 7.10. The van der Waals surface area contributed by atoms with Crippen LogP contribution in [0, 0.1) is 0 Å². The molecule has 1 aromatic heterocycles. The third-order valence-corrected chi connectivity index (χ3v) is 2.47. The Balaban J connectivity index is 2.84. The summed E-state index contributed by atoms with van der Waals surface area (Å²) < 4.78 is 0.924. The molecule has 0 radical (unpaired) electrons. The number of fused-ring (bicyclic) bond motifs is 1. The molecule has 66 valence electrons. The molecule has 2 nitrogen and oxygen atoms in total. The first-order valence-electron chi connectivity index (χ1n) is 3.96. The number of benzene rings is 1. The summed E-state index contributed by atoms with van der Waals surface area (Å²) in [5.74, 6) is 0.0888. The van der Waals surface area contributed by atoms with E-state index in [0.717, 1.165) is 20.9 Å². The average molecular weight is 238 g/mol. The van der Waals surface area contributed by atoms with Crippen molar-refractivity contribution in [3.05, 3.63) is 34.4 Å². The molecule has 3 heteroatoms. The number of Topliss-reactive ketones (excluding diaryl/α,β-unsaturated/α-hetero) is 1. The van der Waals surface area contributed by atoms with Crippen LogP contribution in [0.4, 0.5) is 0 Å². The molecule has 1 heterocycles. The van der Waals surface area contributed by atoms with E-state index in [2.05, 4.69) is 20.9 Å². The zero-order chi connectivity index (χ0) is 9.42. The Morgan fingerprint density at radius 3 is 2.92 bits per heavy atom. The Hall–Kier alpha value is -1.09. The lowest BCUT2D eigenvalue weighted by atomic mass is 10.1. The van der Waals surface area contributed by atoms with Gasteiger partial charge in [-0.05, 0) is 25.1 Å². The summed E-state index contributed by atoms with van der Waals surface area (Å²) in [6.45, 7) is 1.58. The van der Waals surface area contributed by atoms with Crippen molar-refractivity contribution in [3.8, 4) is 0 Å². The van der Waals surface area contributed by atoms with Crippen molar-refractivity contribution in [3.63, 3.8) is 0 Å². The summed E-state index contributed by atoms with van der Waals surface area (Å²) in [6.07, 6.45) is 1.84. The van der Waals surface area contributed by atoms with Crippen LogP contribution < -0.4 is 0 Å². The lowest BCUT2D eigenvalue weighted by molar-refractivity contribution is 0.101. The van der Waals surface area contributed by atoms with Gasteiger partial charge in [-0.3, -0.25) is 4.79 Å². The highest BCUT2D eigenvalue weighted by Crippen LogP contribution is 2.23. The minimum Gasteiger partial charge on any atom is -0.361 e. The maximum Gasteiger partial charge on any atom is 0.160 e. The number of ketones is 1. The fraction of sp³-hybridized carbons (Fsp3) is 0.100. The standard InChI is InChI=1S/C10H8BrNO/c1-6(13)9-4-7(11)5-10-8(9)2-3-12-10/h2-5,12H,1H3. The van der Waals surface area contributed by atoms with Crippen LogP contribution in [0.2, 0.25) is 0 Å². The van der Waals surface area contributed by atoms with Crippen LogP contribution in [-0.4, -0.2) is 10.8 Å². The lowest BCUT2D eigenvalue weighted by Crippen LogP contribution is -1.92. The minimum atomic E-state index is 0.0888. The van der Waals surface area contributed by atoms with Crippen molar-refractivity contribution >= 4 is 32.6 Å².